The normalized spacial score (nSPS) is 18.0. The fourth-order valence-corrected chi connectivity index (χ4v) is 3.23. The number of rotatable bonds is 6. The van der Waals surface area contributed by atoms with Crippen molar-refractivity contribution < 1.29 is 14.7 Å². The third-order valence-corrected chi connectivity index (χ3v) is 4.39. The molecule has 0 radical (unpaired) electrons. The van der Waals surface area contributed by atoms with Crippen molar-refractivity contribution in [3.8, 4) is 5.75 Å². The van der Waals surface area contributed by atoms with Gasteiger partial charge in [-0.1, -0.05) is 19.9 Å². The number of ether oxygens (including phenoxy) is 1. The number of aryl methyl sites for hydroxylation is 1. The van der Waals surface area contributed by atoms with Gasteiger partial charge in [-0.25, -0.2) is 0 Å². The molecule has 1 saturated heterocycles. The third kappa shape index (κ3) is 5.01. The minimum absolute atomic E-state index is 0.372. The van der Waals surface area contributed by atoms with E-state index in [4.69, 9.17) is 4.74 Å². The summed E-state index contributed by atoms with van der Waals surface area (Å²) in [6.07, 6.45) is 3.55. The van der Waals surface area contributed by atoms with Gasteiger partial charge in [0.15, 0.2) is 0 Å². The van der Waals surface area contributed by atoms with Crippen LogP contribution in [-0.2, 0) is 0 Å². The van der Waals surface area contributed by atoms with E-state index in [9.17, 15) is 5.11 Å². The fraction of sp³-hybridized carbons (Fsp3) is 0.667. The minimum Gasteiger partial charge on any atom is -0.491 e. The largest absolute Gasteiger partial charge is 0.491 e. The maximum Gasteiger partial charge on any atom is 0.137 e. The summed E-state index contributed by atoms with van der Waals surface area (Å²) >= 11 is 0. The average Bonchev–Trinajstić information content (AvgIpc) is 2.46. The summed E-state index contributed by atoms with van der Waals surface area (Å²) in [4.78, 5) is 1.52. The smallest absolute Gasteiger partial charge is 0.137 e. The van der Waals surface area contributed by atoms with Crippen molar-refractivity contribution in [2.75, 3.05) is 26.2 Å². The van der Waals surface area contributed by atoms with E-state index in [1.165, 1.54) is 48.4 Å². The summed E-state index contributed by atoms with van der Waals surface area (Å²) in [7, 11) is 0. The molecule has 118 valence electrons. The van der Waals surface area contributed by atoms with Crippen LogP contribution in [0.5, 0.6) is 5.75 Å². The quantitative estimate of drug-likeness (QED) is 0.840. The van der Waals surface area contributed by atoms with Crippen molar-refractivity contribution in [3.63, 3.8) is 0 Å². The van der Waals surface area contributed by atoms with Gasteiger partial charge in [0.2, 0.25) is 0 Å². The summed E-state index contributed by atoms with van der Waals surface area (Å²) in [5.41, 5.74) is 2.62. The highest BCUT2D eigenvalue weighted by atomic mass is 16.5. The van der Waals surface area contributed by atoms with Gasteiger partial charge in [0.1, 0.15) is 25.0 Å². The Labute approximate surface area is 128 Å². The van der Waals surface area contributed by atoms with Crippen molar-refractivity contribution in [1.29, 1.82) is 0 Å². The molecular weight excluding hydrogens is 262 g/mol. The lowest BCUT2D eigenvalue weighted by Gasteiger charge is -2.25. The van der Waals surface area contributed by atoms with Crippen molar-refractivity contribution in [2.24, 2.45) is 0 Å². The summed E-state index contributed by atoms with van der Waals surface area (Å²) in [6.45, 7) is 10.1. The van der Waals surface area contributed by atoms with Crippen LogP contribution in [0.4, 0.5) is 0 Å². The molecule has 0 saturated carbocycles. The number of aliphatic hydroxyl groups is 1. The monoisotopic (exact) mass is 292 g/mol. The predicted molar refractivity (Wildman–Crippen MR) is 86.2 cm³/mol. The first kappa shape index (κ1) is 16.3. The van der Waals surface area contributed by atoms with Gasteiger partial charge in [0.25, 0.3) is 0 Å². The molecule has 0 amide bonds. The van der Waals surface area contributed by atoms with E-state index in [0.717, 1.165) is 12.3 Å². The Bertz CT molecular complexity index is 439. The first-order valence-electron chi connectivity index (χ1n) is 8.31. The number of hydrogen-bond acceptors (Lipinski definition) is 2. The van der Waals surface area contributed by atoms with E-state index in [1.807, 2.05) is 6.07 Å². The van der Waals surface area contributed by atoms with E-state index in [-0.39, 0.29) is 6.10 Å². The zero-order chi connectivity index (χ0) is 15.2. The molecule has 21 heavy (non-hydrogen) atoms. The van der Waals surface area contributed by atoms with Crippen LogP contribution < -0.4 is 9.64 Å². The zero-order valence-corrected chi connectivity index (χ0v) is 13.7. The molecule has 1 heterocycles. The second-order valence-corrected chi connectivity index (χ2v) is 6.65. The van der Waals surface area contributed by atoms with Crippen LogP contribution >= 0.6 is 0 Å². The molecule has 1 atom stereocenters. The Hall–Kier alpha value is -1.06. The Morgan fingerprint density at radius 2 is 1.90 bits per heavy atom. The zero-order valence-electron chi connectivity index (χ0n) is 13.7. The topological polar surface area (TPSA) is 33.9 Å². The van der Waals surface area contributed by atoms with Gasteiger partial charge in [0.05, 0.1) is 13.1 Å². The number of nitrogens with one attached hydrogen (secondary N) is 1. The fourth-order valence-electron chi connectivity index (χ4n) is 3.23. The van der Waals surface area contributed by atoms with Crippen LogP contribution in [0.15, 0.2) is 18.2 Å². The predicted octanol–water partition coefficient (Wildman–Crippen LogP) is 1.93. The van der Waals surface area contributed by atoms with Crippen molar-refractivity contribution >= 4 is 0 Å². The molecule has 3 nitrogen and oxygen atoms in total. The molecule has 2 rings (SSSR count). The van der Waals surface area contributed by atoms with Crippen LogP contribution in [0, 0.1) is 6.92 Å². The molecule has 0 unspecified atom stereocenters. The maximum absolute atomic E-state index is 10.1. The first-order valence-corrected chi connectivity index (χ1v) is 8.31. The number of likely N-dealkylation sites (tertiary alicyclic amines) is 1. The average molecular weight is 292 g/mol. The second-order valence-electron chi connectivity index (χ2n) is 6.65. The van der Waals surface area contributed by atoms with Gasteiger partial charge in [-0.05, 0) is 55.4 Å². The van der Waals surface area contributed by atoms with Crippen LogP contribution in [-0.4, -0.2) is 37.5 Å². The molecule has 1 aliphatic heterocycles. The van der Waals surface area contributed by atoms with E-state index in [2.05, 4.69) is 32.9 Å². The van der Waals surface area contributed by atoms with E-state index in [1.54, 1.807) is 0 Å². The highest BCUT2D eigenvalue weighted by molar-refractivity contribution is 5.36. The molecule has 0 aromatic heterocycles. The number of quaternary nitrogens is 1. The molecule has 0 bridgehead atoms. The standard InChI is InChI=1S/C18H29NO2/c1-14(2)18-8-7-17(11-15(18)3)21-13-16(20)12-19-9-5-4-6-10-19/h7-8,11,14,16,20H,4-6,9-10,12-13H2,1-3H3/p+1/t16-/m0/s1. The van der Waals surface area contributed by atoms with Gasteiger partial charge in [-0.15, -0.1) is 0 Å². The molecule has 1 aromatic rings. The molecule has 1 aromatic carbocycles. The highest BCUT2D eigenvalue weighted by Gasteiger charge is 2.18. The van der Waals surface area contributed by atoms with Crippen LogP contribution in [0.25, 0.3) is 0 Å². The second kappa shape index (κ2) is 7.81. The molecule has 3 heteroatoms. The van der Waals surface area contributed by atoms with Crippen LogP contribution in [0.2, 0.25) is 0 Å². The molecule has 1 aliphatic rings. The van der Waals surface area contributed by atoms with Gasteiger partial charge in [-0.2, -0.15) is 0 Å². The van der Waals surface area contributed by atoms with Crippen molar-refractivity contribution in [3.05, 3.63) is 29.3 Å². The Morgan fingerprint density at radius 1 is 1.19 bits per heavy atom. The molecule has 1 fully saturated rings. The SMILES string of the molecule is Cc1cc(OC[C@@H](O)C[NH+]2CCCCC2)ccc1C(C)C. The first-order chi connectivity index (χ1) is 10.1. The van der Waals surface area contributed by atoms with Gasteiger partial charge in [-0.3, -0.25) is 0 Å². The van der Waals surface area contributed by atoms with Crippen molar-refractivity contribution in [2.45, 2.75) is 52.1 Å². The summed E-state index contributed by atoms with van der Waals surface area (Å²) in [5, 5.41) is 10.1. The summed E-state index contributed by atoms with van der Waals surface area (Å²) in [5.74, 6) is 1.40. The number of benzene rings is 1. The van der Waals surface area contributed by atoms with E-state index < -0.39 is 0 Å². The lowest BCUT2D eigenvalue weighted by Crippen LogP contribution is -3.14. The summed E-state index contributed by atoms with van der Waals surface area (Å²) < 4.78 is 5.76. The molecular formula is C18H30NO2+. The molecule has 0 aliphatic carbocycles. The highest BCUT2D eigenvalue weighted by Crippen LogP contribution is 2.23. The van der Waals surface area contributed by atoms with Gasteiger partial charge in [0, 0.05) is 0 Å². The van der Waals surface area contributed by atoms with E-state index in [0.29, 0.717) is 12.5 Å². The maximum atomic E-state index is 10.1. The Morgan fingerprint density at radius 3 is 2.52 bits per heavy atom. The Kier molecular flexibility index (Phi) is 6.07. The number of piperidine rings is 1. The Balaban J connectivity index is 1.80. The van der Waals surface area contributed by atoms with Gasteiger partial charge >= 0.3 is 0 Å². The van der Waals surface area contributed by atoms with Crippen LogP contribution in [0.1, 0.15) is 50.2 Å². The number of aliphatic hydroxyl groups excluding tert-OH is 1. The van der Waals surface area contributed by atoms with Crippen molar-refractivity contribution in [1.82, 2.24) is 0 Å². The molecule has 0 spiro atoms. The minimum atomic E-state index is -0.372. The third-order valence-electron chi connectivity index (χ3n) is 4.39. The summed E-state index contributed by atoms with van der Waals surface area (Å²) in [6, 6.07) is 6.23. The van der Waals surface area contributed by atoms with Crippen LogP contribution in [0.3, 0.4) is 0 Å². The lowest BCUT2D eigenvalue weighted by molar-refractivity contribution is -0.908. The lowest BCUT2D eigenvalue weighted by atomic mass is 9.98. The van der Waals surface area contributed by atoms with E-state index >= 15 is 0 Å². The number of hydrogen-bond donors (Lipinski definition) is 2. The van der Waals surface area contributed by atoms with Gasteiger partial charge < -0.3 is 14.7 Å². The molecule has 2 N–H and O–H groups in total.